The zero-order chi connectivity index (χ0) is 24.4. The van der Waals surface area contributed by atoms with Crippen LogP contribution < -0.4 is 10.3 Å². The molecule has 1 aliphatic rings. The number of hydrogen-bond donors (Lipinski definition) is 1. The molecule has 1 aliphatic heterocycles. The summed E-state index contributed by atoms with van der Waals surface area (Å²) < 4.78 is 10.9. The molecule has 2 rings (SSSR count). The molecule has 0 fully saturated rings. The van der Waals surface area contributed by atoms with Gasteiger partial charge in [0.1, 0.15) is 11.2 Å². The number of carbonyl (C=O) groups is 3. The number of hydrazine groups is 1. The van der Waals surface area contributed by atoms with Gasteiger partial charge in [-0.05, 0) is 84.6 Å². The van der Waals surface area contributed by atoms with E-state index in [1.165, 1.54) is 0 Å². The van der Waals surface area contributed by atoms with Gasteiger partial charge in [-0.2, -0.15) is 0 Å². The maximum absolute atomic E-state index is 13.1. The number of carbonyl (C=O) groups excluding carboxylic acids is 3. The first-order chi connectivity index (χ1) is 14.6. The number of benzene rings is 1. The lowest BCUT2D eigenvalue weighted by atomic mass is 9.93. The van der Waals surface area contributed by atoms with Crippen LogP contribution in [0, 0.1) is 13.8 Å². The van der Waals surface area contributed by atoms with Gasteiger partial charge in [-0.1, -0.05) is 13.0 Å². The number of nitrogens with zero attached hydrogens (tertiary/aromatic N) is 2. The fourth-order valence-electron chi connectivity index (χ4n) is 3.50. The predicted octanol–water partition coefficient (Wildman–Crippen LogP) is 4.65. The molecule has 1 N–H and O–H groups in total. The highest BCUT2D eigenvalue weighted by atomic mass is 16.6. The molecule has 0 unspecified atom stereocenters. The molecule has 8 nitrogen and oxygen atoms in total. The summed E-state index contributed by atoms with van der Waals surface area (Å²) >= 11 is 0. The second kappa shape index (κ2) is 9.38. The van der Waals surface area contributed by atoms with Gasteiger partial charge in [0.25, 0.3) is 0 Å². The van der Waals surface area contributed by atoms with E-state index in [1.807, 2.05) is 26.0 Å². The monoisotopic (exact) mass is 447 g/mol. The van der Waals surface area contributed by atoms with Crippen molar-refractivity contribution >= 4 is 23.8 Å². The number of aryl methyl sites for hydroxylation is 2. The summed E-state index contributed by atoms with van der Waals surface area (Å²) in [5.74, 6) is -0.0550. The van der Waals surface area contributed by atoms with E-state index in [0.29, 0.717) is 12.8 Å². The molecule has 0 aliphatic carbocycles. The molecule has 0 saturated heterocycles. The number of fused-ring (bicyclic) bond motifs is 1. The highest BCUT2D eigenvalue weighted by Gasteiger charge is 2.37. The number of nitrogens with one attached hydrogen (secondary N) is 1. The predicted molar refractivity (Wildman–Crippen MR) is 123 cm³/mol. The van der Waals surface area contributed by atoms with Crippen LogP contribution in [0.25, 0.3) is 0 Å². The fourth-order valence-corrected chi connectivity index (χ4v) is 3.50. The molecule has 0 spiro atoms. The van der Waals surface area contributed by atoms with E-state index < -0.39 is 29.4 Å². The van der Waals surface area contributed by atoms with Gasteiger partial charge in [0, 0.05) is 18.7 Å². The first kappa shape index (κ1) is 25.5. The molecular formula is C24H37N3O5. The maximum Gasteiger partial charge on any atom is 0.429 e. The summed E-state index contributed by atoms with van der Waals surface area (Å²) in [6.45, 7) is 16.6. The van der Waals surface area contributed by atoms with Crippen molar-refractivity contribution in [2.45, 2.75) is 92.4 Å². The molecule has 1 aromatic rings. The smallest absolute Gasteiger partial charge is 0.429 e. The van der Waals surface area contributed by atoms with Crippen LogP contribution in [0.5, 0.6) is 0 Å². The maximum atomic E-state index is 13.1. The zero-order valence-electron chi connectivity index (χ0n) is 20.8. The summed E-state index contributed by atoms with van der Waals surface area (Å²) in [5.41, 5.74) is 5.03. The van der Waals surface area contributed by atoms with Crippen LogP contribution in [0.15, 0.2) is 12.1 Å². The lowest BCUT2D eigenvalue weighted by Crippen LogP contribution is -2.59. The number of hydrogen-bond acceptors (Lipinski definition) is 5. The molecule has 1 atom stereocenters. The molecule has 0 saturated carbocycles. The van der Waals surface area contributed by atoms with Crippen molar-refractivity contribution in [3.05, 3.63) is 28.8 Å². The standard InChI is InChI=1S/C24H37N3O5/c1-10-20(28)26-14-18(13-17-11-15(2)16(3)12-19(17)26)27(22(30)32-24(7,8)9)25-21(29)31-23(4,5)6/h11-12,18H,10,13-14H2,1-9H3,(H,25,29)/t18-/m0/s1. The average molecular weight is 448 g/mol. The normalized spacial score (nSPS) is 16.2. The second-order valence-electron chi connectivity index (χ2n) is 10.2. The minimum Gasteiger partial charge on any atom is -0.443 e. The Morgan fingerprint density at radius 2 is 1.59 bits per heavy atom. The summed E-state index contributed by atoms with van der Waals surface area (Å²) in [5, 5.41) is 1.16. The van der Waals surface area contributed by atoms with Crippen molar-refractivity contribution in [2.75, 3.05) is 11.4 Å². The van der Waals surface area contributed by atoms with E-state index in [2.05, 4.69) is 5.43 Å². The van der Waals surface area contributed by atoms with Crippen LogP contribution in [0.4, 0.5) is 15.3 Å². The Labute approximate surface area is 191 Å². The summed E-state index contributed by atoms with van der Waals surface area (Å²) in [6, 6.07) is 3.52. The first-order valence-electron chi connectivity index (χ1n) is 11.0. The molecule has 178 valence electrons. The van der Waals surface area contributed by atoms with Gasteiger partial charge in [0.15, 0.2) is 0 Å². The van der Waals surface area contributed by atoms with E-state index in [-0.39, 0.29) is 12.5 Å². The van der Waals surface area contributed by atoms with Crippen molar-refractivity contribution in [1.82, 2.24) is 10.4 Å². The van der Waals surface area contributed by atoms with E-state index in [0.717, 1.165) is 27.4 Å². The minimum absolute atomic E-state index is 0.0550. The van der Waals surface area contributed by atoms with Gasteiger partial charge in [0.05, 0.1) is 6.04 Å². The Hall–Kier alpha value is -2.77. The number of rotatable bonds is 2. The fraction of sp³-hybridized carbons (Fsp3) is 0.625. The van der Waals surface area contributed by atoms with Crippen LogP contribution in [0.1, 0.15) is 71.6 Å². The lowest BCUT2D eigenvalue weighted by molar-refractivity contribution is -0.118. The zero-order valence-corrected chi connectivity index (χ0v) is 20.8. The van der Waals surface area contributed by atoms with Gasteiger partial charge >= 0.3 is 12.2 Å². The Bertz CT molecular complexity index is 883. The third-order valence-electron chi connectivity index (χ3n) is 5.00. The first-order valence-corrected chi connectivity index (χ1v) is 11.0. The minimum atomic E-state index is -0.761. The molecule has 1 aromatic carbocycles. The van der Waals surface area contributed by atoms with E-state index in [9.17, 15) is 14.4 Å². The van der Waals surface area contributed by atoms with Gasteiger partial charge in [0.2, 0.25) is 5.91 Å². The SMILES string of the molecule is CCC(=O)N1C[C@@H](N(NC(=O)OC(C)(C)C)C(=O)OC(C)(C)C)Cc2cc(C)c(C)cc21. The van der Waals surface area contributed by atoms with E-state index in [1.54, 1.807) is 53.4 Å². The molecule has 3 amide bonds. The number of anilines is 1. The Balaban J connectivity index is 2.44. The van der Waals surface area contributed by atoms with Gasteiger partial charge in [-0.15, -0.1) is 0 Å². The Morgan fingerprint density at radius 3 is 2.12 bits per heavy atom. The van der Waals surface area contributed by atoms with Crippen LogP contribution in [-0.2, 0) is 20.7 Å². The Morgan fingerprint density at radius 1 is 1.03 bits per heavy atom. The van der Waals surface area contributed by atoms with Gasteiger partial charge in [-0.25, -0.2) is 20.0 Å². The van der Waals surface area contributed by atoms with Crippen molar-refractivity contribution in [3.8, 4) is 0 Å². The van der Waals surface area contributed by atoms with Crippen LogP contribution in [-0.4, -0.2) is 46.9 Å². The topological polar surface area (TPSA) is 88.2 Å². The highest BCUT2D eigenvalue weighted by molar-refractivity contribution is 5.95. The van der Waals surface area contributed by atoms with Crippen LogP contribution >= 0.6 is 0 Å². The number of ether oxygens (including phenoxy) is 2. The average Bonchev–Trinajstić information content (AvgIpc) is 2.63. The van der Waals surface area contributed by atoms with Crippen molar-refractivity contribution < 1.29 is 23.9 Å². The third-order valence-corrected chi connectivity index (χ3v) is 5.00. The van der Waals surface area contributed by atoms with Crippen molar-refractivity contribution in [3.63, 3.8) is 0 Å². The third kappa shape index (κ3) is 6.61. The summed E-state index contributed by atoms with van der Waals surface area (Å²) in [7, 11) is 0. The van der Waals surface area contributed by atoms with Crippen LogP contribution in [0.3, 0.4) is 0 Å². The number of amides is 3. The molecule has 8 heteroatoms. The lowest BCUT2D eigenvalue weighted by Gasteiger charge is -2.40. The molecular weight excluding hydrogens is 410 g/mol. The molecule has 1 heterocycles. The quantitative estimate of drug-likeness (QED) is 0.667. The van der Waals surface area contributed by atoms with Crippen molar-refractivity contribution in [1.29, 1.82) is 0 Å². The summed E-state index contributed by atoms with van der Waals surface area (Å²) in [6.07, 6.45) is -0.684. The largest absolute Gasteiger partial charge is 0.443 e. The molecule has 0 radical (unpaired) electrons. The van der Waals surface area contributed by atoms with Gasteiger partial charge < -0.3 is 14.4 Å². The van der Waals surface area contributed by atoms with Crippen molar-refractivity contribution in [2.24, 2.45) is 0 Å². The molecule has 0 aromatic heterocycles. The Kier molecular flexibility index (Phi) is 7.47. The highest BCUT2D eigenvalue weighted by Crippen LogP contribution is 2.32. The second-order valence-corrected chi connectivity index (χ2v) is 10.2. The van der Waals surface area contributed by atoms with E-state index >= 15 is 0 Å². The van der Waals surface area contributed by atoms with Gasteiger partial charge in [-0.3, -0.25) is 4.79 Å². The summed E-state index contributed by atoms with van der Waals surface area (Å²) in [4.78, 5) is 40.1. The molecule has 0 bridgehead atoms. The van der Waals surface area contributed by atoms with E-state index in [4.69, 9.17) is 9.47 Å². The molecule has 32 heavy (non-hydrogen) atoms. The van der Waals surface area contributed by atoms with Crippen LogP contribution in [0.2, 0.25) is 0 Å².